The second kappa shape index (κ2) is 14.0. The molecule has 0 amide bonds. The Morgan fingerprint density at radius 3 is 1.56 bits per heavy atom. The summed E-state index contributed by atoms with van der Waals surface area (Å²) in [4.78, 5) is 0. The van der Waals surface area contributed by atoms with Crippen LogP contribution < -0.4 is 0 Å². The Kier molecular flexibility index (Phi) is 10.2. The zero-order chi connectivity index (χ0) is 33.2. The van der Waals surface area contributed by atoms with Gasteiger partial charge in [-0.1, -0.05) is 0 Å². The first-order chi connectivity index (χ1) is 23.1. The summed E-state index contributed by atoms with van der Waals surface area (Å²) in [6.07, 6.45) is 8.25. The molecule has 0 radical (unpaired) electrons. The van der Waals surface area contributed by atoms with Crippen molar-refractivity contribution in [2.24, 2.45) is 0 Å². The number of halogens is 2. The Hall–Kier alpha value is -3.35. The number of fused-ring (bicyclic) bond motifs is 8. The van der Waals surface area contributed by atoms with Crippen molar-refractivity contribution in [3.8, 4) is 11.1 Å². The zero-order valence-electron chi connectivity index (χ0n) is 29.9. The smallest absolute Gasteiger partial charge is 0.147 e. The Balaban J connectivity index is 0.00000216. The summed E-state index contributed by atoms with van der Waals surface area (Å²) in [5, 5.41) is 5.53. The number of rotatable bonds is 4. The molecule has 0 spiro atoms. The third kappa shape index (κ3) is 6.25. The second-order valence-corrected chi connectivity index (χ2v) is 21.9. The van der Waals surface area contributed by atoms with E-state index in [4.69, 9.17) is 0 Å². The summed E-state index contributed by atoms with van der Waals surface area (Å²) in [6.45, 7) is 13.9. The van der Waals surface area contributed by atoms with E-state index in [9.17, 15) is 0 Å². The SMILES string of the molecule is CC(C)(C)c1ccc([C](c2ccc(C(C)(C)C)cc2)=[Zr]([C]2=CC=CC2)[CH]2c3ccccc3-c3c2c2ccccc2c2ccccc32)cc1.Cl.Cl. The molecule has 0 fully saturated rings. The van der Waals surface area contributed by atoms with Crippen molar-refractivity contribution < 1.29 is 21.3 Å². The van der Waals surface area contributed by atoms with Gasteiger partial charge in [0.1, 0.15) is 0 Å². The van der Waals surface area contributed by atoms with Crippen LogP contribution >= 0.6 is 24.8 Å². The molecule has 2 aliphatic rings. The Morgan fingerprint density at radius 2 is 1.04 bits per heavy atom. The van der Waals surface area contributed by atoms with Crippen LogP contribution in [0.3, 0.4) is 0 Å². The average molecular weight is 773 g/mol. The monoisotopic (exact) mass is 770 g/mol. The molecule has 0 bridgehead atoms. The van der Waals surface area contributed by atoms with E-state index in [1.165, 1.54) is 60.5 Å². The van der Waals surface area contributed by atoms with Gasteiger partial charge in [-0.05, 0) is 0 Å². The summed E-state index contributed by atoms with van der Waals surface area (Å²) in [5.74, 6) is 0. The zero-order valence-corrected chi connectivity index (χ0v) is 34.0. The van der Waals surface area contributed by atoms with E-state index in [0.29, 0.717) is 3.63 Å². The van der Waals surface area contributed by atoms with Gasteiger partial charge in [-0.15, -0.1) is 24.8 Å². The van der Waals surface area contributed by atoms with E-state index in [1.54, 1.807) is 12.1 Å². The molecule has 252 valence electrons. The third-order valence-electron chi connectivity index (χ3n) is 10.6. The molecule has 0 nitrogen and oxygen atoms in total. The van der Waals surface area contributed by atoms with Crippen LogP contribution in [0.15, 0.2) is 143 Å². The van der Waals surface area contributed by atoms with Crippen molar-refractivity contribution in [2.75, 3.05) is 0 Å². The van der Waals surface area contributed by atoms with Gasteiger partial charge < -0.3 is 0 Å². The van der Waals surface area contributed by atoms with Crippen LogP contribution in [0.1, 0.15) is 85.0 Å². The minimum absolute atomic E-state index is 0. The molecule has 6 aromatic rings. The molecule has 6 aromatic carbocycles. The van der Waals surface area contributed by atoms with Crippen molar-refractivity contribution in [1.82, 2.24) is 0 Å². The maximum Gasteiger partial charge on any atom is -0.147 e. The first kappa shape index (κ1) is 36.4. The molecule has 2 aliphatic carbocycles. The van der Waals surface area contributed by atoms with Gasteiger partial charge in [0.25, 0.3) is 0 Å². The first-order valence-electron chi connectivity index (χ1n) is 17.5. The van der Waals surface area contributed by atoms with E-state index >= 15 is 0 Å². The average Bonchev–Trinajstić information content (AvgIpc) is 3.74. The van der Waals surface area contributed by atoms with Gasteiger partial charge >= 0.3 is 296 Å². The quantitative estimate of drug-likeness (QED) is 0.157. The van der Waals surface area contributed by atoms with E-state index < -0.39 is 21.3 Å². The van der Waals surface area contributed by atoms with Crippen LogP contribution in [-0.4, -0.2) is 3.21 Å². The summed E-state index contributed by atoms with van der Waals surface area (Å²) in [6, 6.07) is 47.0. The van der Waals surface area contributed by atoms with E-state index in [1.807, 2.05) is 0 Å². The van der Waals surface area contributed by atoms with Crippen molar-refractivity contribution in [2.45, 2.75) is 62.4 Å². The maximum atomic E-state index is 2.49. The van der Waals surface area contributed by atoms with Crippen LogP contribution in [0.5, 0.6) is 0 Å². The van der Waals surface area contributed by atoms with Crippen LogP contribution in [0.2, 0.25) is 0 Å². The molecule has 1 unspecified atom stereocenters. The second-order valence-electron chi connectivity index (χ2n) is 15.7. The van der Waals surface area contributed by atoms with Crippen LogP contribution in [-0.2, 0) is 32.1 Å². The topological polar surface area (TPSA) is 0 Å². The predicted octanol–water partition coefficient (Wildman–Crippen LogP) is 13.2. The number of hydrogen-bond donors (Lipinski definition) is 0. The number of benzene rings is 6. The molecule has 0 saturated heterocycles. The predicted molar refractivity (Wildman–Crippen MR) is 219 cm³/mol. The van der Waals surface area contributed by atoms with E-state index in [2.05, 4.69) is 181 Å². The fraction of sp³-hybridized carbons (Fsp3) is 0.213. The number of hydrogen-bond acceptors (Lipinski definition) is 0. The van der Waals surface area contributed by atoms with Crippen molar-refractivity contribution in [3.05, 3.63) is 176 Å². The Labute approximate surface area is 318 Å². The molecule has 0 heterocycles. The fourth-order valence-electron chi connectivity index (χ4n) is 8.08. The van der Waals surface area contributed by atoms with Gasteiger partial charge in [-0.2, -0.15) is 0 Å². The van der Waals surface area contributed by atoms with E-state index in [-0.39, 0.29) is 35.6 Å². The molecule has 0 saturated carbocycles. The van der Waals surface area contributed by atoms with Gasteiger partial charge in [0.2, 0.25) is 0 Å². The largest absolute Gasteiger partial charge is 0.147 e. The Morgan fingerprint density at radius 1 is 0.560 bits per heavy atom. The van der Waals surface area contributed by atoms with Crippen LogP contribution in [0.4, 0.5) is 0 Å². The van der Waals surface area contributed by atoms with Crippen LogP contribution in [0.25, 0.3) is 32.7 Å². The number of allylic oxidation sites excluding steroid dienone is 4. The summed E-state index contributed by atoms with van der Waals surface area (Å²) < 4.78 is 3.65. The fourth-order valence-corrected chi connectivity index (χ4v) is 17.2. The van der Waals surface area contributed by atoms with Crippen molar-refractivity contribution >= 4 is 49.6 Å². The van der Waals surface area contributed by atoms with Gasteiger partial charge in [0.15, 0.2) is 0 Å². The van der Waals surface area contributed by atoms with Gasteiger partial charge in [-0.25, -0.2) is 0 Å². The minimum atomic E-state index is -2.85. The molecule has 0 aromatic heterocycles. The maximum absolute atomic E-state index is 2.85. The van der Waals surface area contributed by atoms with Crippen molar-refractivity contribution in [3.63, 3.8) is 0 Å². The molecule has 3 heteroatoms. The molecule has 0 N–H and O–H groups in total. The third-order valence-corrected chi connectivity index (χ3v) is 18.8. The standard InChI is InChI=1S/C21H13.C21H26.C5H5.2ClH.Zr/c1-2-8-15-14(7-1)13-20-18-11-4-3-9-16(18)17-10-5-6-12-19(17)21(15)20;1-20(2,3)18-11-7-16(8-12-18)15-17-9-13-19(14-10-17)21(4,5)6;1-2-4-5-3-1;;;/h1-13H;7-14H,1-6H3;1-3H,4H2;2*1H;. The first-order valence-corrected chi connectivity index (χ1v) is 21.3. The molecular weight excluding hydrogens is 727 g/mol. The summed E-state index contributed by atoms with van der Waals surface area (Å²) in [5.41, 5.74) is 11.7. The van der Waals surface area contributed by atoms with Gasteiger partial charge in [-0.3, -0.25) is 0 Å². The van der Waals surface area contributed by atoms with Gasteiger partial charge in [0.05, 0.1) is 0 Å². The van der Waals surface area contributed by atoms with Gasteiger partial charge in [0, 0.05) is 0 Å². The van der Waals surface area contributed by atoms with E-state index in [0.717, 1.165) is 6.42 Å². The molecule has 8 rings (SSSR count). The normalized spacial score (nSPS) is 14.8. The molecular formula is C47H46Cl2Zr. The molecule has 50 heavy (non-hydrogen) atoms. The molecule has 1 atom stereocenters. The summed E-state index contributed by atoms with van der Waals surface area (Å²) >= 11 is -2.85. The minimum Gasteiger partial charge on any atom is -0.147 e. The Bertz CT molecular complexity index is 2250. The van der Waals surface area contributed by atoms with Crippen molar-refractivity contribution in [1.29, 1.82) is 0 Å². The van der Waals surface area contributed by atoms with Crippen LogP contribution in [0, 0.1) is 0 Å². The molecule has 0 aliphatic heterocycles. The summed E-state index contributed by atoms with van der Waals surface area (Å²) in [7, 11) is 0.